The first-order chi connectivity index (χ1) is 7.43. The van der Waals surface area contributed by atoms with Gasteiger partial charge in [0.15, 0.2) is 0 Å². The van der Waals surface area contributed by atoms with Gasteiger partial charge in [-0.25, -0.2) is 0 Å². The van der Waals surface area contributed by atoms with Crippen LogP contribution in [-0.2, 0) is 9.59 Å². The van der Waals surface area contributed by atoms with Crippen LogP contribution >= 0.6 is 0 Å². The van der Waals surface area contributed by atoms with Crippen molar-refractivity contribution in [2.75, 3.05) is 20.1 Å². The Morgan fingerprint density at radius 1 is 1.25 bits per heavy atom. The lowest BCUT2D eigenvalue weighted by molar-refractivity contribution is -0.139. The number of carbonyl (C=O) groups is 2. The quantitative estimate of drug-likeness (QED) is 0.555. The third kappa shape index (κ3) is 1.03. The normalized spacial score (nSPS) is 41.7. The van der Waals surface area contributed by atoms with Gasteiger partial charge in [-0.3, -0.25) is 19.4 Å². The Hall–Kier alpha value is -0.900. The number of amides is 2. The van der Waals surface area contributed by atoms with Gasteiger partial charge in [0, 0.05) is 19.6 Å². The van der Waals surface area contributed by atoms with Crippen molar-refractivity contribution < 1.29 is 9.59 Å². The summed E-state index contributed by atoms with van der Waals surface area (Å²) in [6, 6.07) is 0.277. The standard InChI is InChI=1S/C12H18N2O2/c1-12(2)4-5-14-6-7-8(9(12)14)11(16)13(3)10(7)15/h7-9H,4-6H2,1-3H3/t7-,8-,9?/m0/s1. The highest BCUT2D eigenvalue weighted by Gasteiger charge is 2.61. The van der Waals surface area contributed by atoms with Crippen LogP contribution in [0.3, 0.4) is 0 Å². The van der Waals surface area contributed by atoms with Gasteiger partial charge in [-0.15, -0.1) is 0 Å². The Labute approximate surface area is 95.6 Å². The van der Waals surface area contributed by atoms with Gasteiger partial charge >= 0.3 is 0 Å². The fourth-order valence-corrected chi connectivity index (χ4v) is 3.84. The van der Waals surface area contributed by atoms with Crippen LogP contribution in [0.15, 0.2) is 0 Å². The number of hydrogen-bond donors (Lipinski definition) is 0. The van der Waals surface area contributed by atoms with Crippen molar-refractivity contribution in [2.24, 2.45) is 17.3 Å². The van der Waals surface area contributed by atoms with Crippen LogP contribution in [0, 0.1) is 17.3 Å². The van der Waals surface area contributed by atoms with Gasteiger partial charge < -0.3 is 0 Å². The first-order valence-corrected chi connectivity index (χ1v) is 5.99. The Bertz CT molecular complexity index is 377. The van der Waals surface area contributed by atoms with Gasteiger partial charge in [-0.05, 0) is 18.4 Å². The lowest BCUT2D eigenvalue weighted by Crippen LogP contribution is -2.41. The number of likely N-dealkylation sites (tertiary alicyclic amines) is 1. The maximum atomic E-state index is 12.1. The van der Waals surface area contributed by atoms with Crippen LogP contribution in [0.1, 0.15) is 20.3 Å². The second-order valence-corrected chi connectivity index (χ2v) is 6.05. The molecule has 88 valence electrons. The summed E-state index contributed by atoms with van der Waals surface area (Å²) in [4.78, 5) is 27.7. The van der Waals surface area contributed by atoms with Crippen LogP contribution in [-0.4, -0.2) is 47.8 Å². The van der Waals surface area contributed by atoms with E-state index in [1.54, 1.807) is 7.05 Å². The largest absolute Gasteiger partial charge is 0.298 e. The molecule has 3 heterocycles. The summed E-state index contributed by atoms with van der Waals surface area (Å²) < 4.78 is 0. The van der Waals surface area contributed by atoms with E-state index in [1.807, 2.05) is 0 Å². The van der Waals surface area contributed by atoms with E-state index < -0.39 is 0 Å². The summed E-state index contributed by atoms with van der Waals surface area (Å²) in [5, 5.41) is 0. The zero-order chi connectivity index (χ0) is 11.7. The number of carbonyl (C=O) groups excluding carboxylic acids is 2. The molecule has 3 saturated heterocycles. The highest BCUT2D eigenvalue weighted by atomic mass is 16.2. The molecule has 4 heteroatoms. The molecule has 0 aromatic rings. The number of nitrogens with zero attached hydrogens (tertiary/aromatic N) is 2. The van der Waals surface area contributed by atoms with Crippen molar-refractivity contribution in [2.45, 2.75) is 26.3 Å². The van der Waals surface area contributed by atoms with Crippen molar-refractivity contribution in [1.29, 1.82) is 0 Å². The Morgan fingerprint density at radius 3 is 2.62 bits per heavy atom. The average Bonchev–Trinajstić information content (AvgIpc) is 2.79. The Kier molecular flexibility index (Phi) is 1.83. The molecular formula is C12H18N2O2. The molecule has 3 fully saturated rings. The molecule has 3 aliphatic heterocycles. The Balaban J connectivity index is 2.00. The van der Waals surface area contributed by atoms with Crippen LogP contribution in [0.5, 0.6) is 0 Å². The second kappa shape index (κ2) is 2.86. The predicted octanol–water partition coefficient (Wildman–Crippen LogP) is 0.331. The molecule has 0 radical (unpaired) electrons. The third-order valence-electron chi connectivity index (χ3n) is 4.71. The fraction of sp³-hybridized carbons (Fsp3) is 0.833. The van der Waals surface area contributed by atoms with Gasteiger partial charge in [0.2, 0.25) is 11.8 Å². The smallest absolute Gasteiger partial charge is 0.234 e. The molecule has 0 N–H and O–H groups in total. The molecule has 3 aliphatic rings. The van der Waals surface area contributed by atoms with Crippen molar-refractivity contribution in [3.05, 3.63) is 0 Å². The first-order valence-electron chi connectivity index (χ1n) is 5.99. The van der Waals surface area contributed by atoms with E-state index in [1.165, 1.54) is 4.90 Å². The topological polar surface area (TPSA) is 40.6 Å². The van der Waals surface area contributed by atoms with Crippen molar-refractivity contribution in [3.8, 4) is 0 Å². The molecule has 2 amide bonds. The van der Waals surface area contributed by atoms with Gasteiger partial charge in [0.25, 0.3) is 0 Å². The van der Waals surface area contributed by atoms with Gasteiger partial charge in [0.05, 0.1) is 11.8 Å². The van der Waals surface area contributed by atoms with Crippen molar-refractivity contribution >= 4 is 11.8 Å². The molecule has 1 unspecified atom stereocenters. The number of hydrogen-bond acceptors (Lipinski definition) is 3. The maximum Gasteiger partial charge on any atom is 0.234 e. The molecule has 3 atom stereocenters. The summed E-state index contributed by atoms with van der Waals surface area (Å²) in [5.74, 6) is -0.0743. The van der Waals surface area contributed by atoms with Gasteiger partial charge in [0.1, 0.15) is 0 Å². The minimum absolute atomic E-state index is 0.0280. The molecule has 0 aliphatic carbocycles. The summed E-state index contributed by atoms with van der Waals surface area (Å²) in [6.07, 6.45) is 1.13. The first kappa shape index (κ1) is 10.3. The van der Waals surface area contributed by atoms with Crippen LogP contribution in [0.25, 0.3) is 0 Å². The monoisotopic (exact) mass is 222 g/mol. The minimum atomic E-state index is -0.0741. The van der Waals surface area contributed by atoms with E-state index in [0.717, 1.165) is 19.5 Å². The lowest BCUT2D eigenvalue weighted by Gasteiger charge is -2.30. The molecule has 4 nitrogen and oxygen atoms in total. The minimum Gasteiger partial charge on any atom is -0.298 e. The van der Waals surface area contributed by atoms with E-state index in [-0.39, 0.29) is 35.1 Å². The molecule has 0 spiro atoms. The van der Waals surface area contributed by atoms with Crippen LogP contribution in [0.2, 0.25) is 0 Å². The summed E-state index contributed by atoms with van der Waals surface area (Å²) in [7, 11) is 1.62. The second-order valence-electron chi connectivity index (χ2n) is 6.05. The lowest BCUT2D eigenvalue weighted by atomic mass is 9.76. The average molecular weight is 222 g/mol. The molecule has 0 aromatic carbocycles. The van der Waals surface area contributed by atoms with Gasteiger partial charge in [-0.1, -0.05) is 13.8 Å². The molecule has 16 heavy (non-hydrogen) atoms. The number of rotatable bonds is 0. The molecule has 0 bridgehead atoms. The van der Waals surface area contributed by atoms with Crippen LogP contribution < -0.4 is 0 Å². The zero-order valence-corrected chi connectivity index (χ0v) is 10.1. The van der Waals surface area contributed by atoms with Crippen molar-refractivity contribution in [3.63, 3.8) is 0 Å². The summed E-state index contributed by atoms with van der Waals surface area (Å²) >= 11 is 0. The highest BCUT2D eigenvalue weighted by molar-refractivity contribution is 6.05. The fourth-order valence-electron chi connectivity index (χ4n) is 3.84. The number of imide groups is 1. The molecule has 3 rings (SSSR count). The van der Waals surface area contributed by atoms with Crippen molar-refractivity contribution in [1.82, 2.24) is 9.80 Å². The molecular weight excluding hydrogens is 204 g/mol. The van der Waals surface area contributed by atoms with E-state index in [0.29, 0.717) is 0 Å². The SMILES string of the molecule is CN1C(=O)[C@H]2CN3CCC(C)(C)C3[C@H]2C1=O. The third-order valence-corrected chi connectivity index (χ3v) is 4.71. The van der Waals surface area contributed by atoms with Crippen LogP contribution in [0.4, 0.5) is 0 Å². The van der Waals surface area contributed by atoms with E-state index in [2.05, 4.69) is 18.7 Å². The summed E-state index contributed by atoms with van der Waals surface area (Å²) in [5.41, 5.74) is 0.167. The van der Waals surface area contributed by atoms with Gasteiger partial charge in [-0.2, -0.15) is 0 Å². The zero-order valence-electron chi connectivity index (χ0n) is 10.1. The van der Waals surface area contributed by atoms with E-state index >= 15 is 0 Å². The molecule has 0 aromatic heterocycles. The summed E-state index contributed by atoms with van der Waals surface area (Å²) in [6.45, 7) is 6.26. The highest BCUT2D eigenvalue weighted by Crippen LogP contribution is 2.49. The predicted molar refractivity (Wildman–Crippen MR) is 58.5 cm³/mol. The van der Waals surface area contributed by atoms with E-state index in [4.69, 9.17) is 0 Å². The number of fused-ring (bicyclic) bond motifs is 3. The maximum absolute atomic E-state index is 12.1. The Morgan fingerprint density at radius 2 is 1.94 bits per heavy atom. The van der Waals surface area contributed by atoms with E-state index in [9.17, 15) is 9.59 Å². The molecule has 0 saturated carbocycles.